The number of hydrogen-bond acceptors (Lipinski definition) is 5. The lowest BCUT2D eigenvalue weighted by molar-refractivity contribution is -0.304. The molecule has 2 rings (SSSR count). The highest BCUT2D eigenvalue weighted by Gasteiger charge is 2.20. The van der Waals surface area contributed by atoms with Crippen LogP contribution in [-0.2, 0) is 4.94 Å². The Labute approximate surface area is 91.8 Å². The molecule has 0 aliphatic carbocycles. The number of halogens is 1. The summed E-state index contributed by atoms with van der Waals surface area (Å²) in [6, 6.07) is 5.38. The van der Waals surface area contributed by atoms with E-state index in [-0.39, 0.29) is 5.82 Å². The molecule has 15 heavy (non-hydrogen) atoms. The average molecular weight is 228 g/mol. The van der Waals surface area contributed by atoms with Crippen molar-refractivity contribution in [3.63, 3.8) is 0 Å². The van der Waals surface area contributed by atoms with Crippen LogP contribution in [0.5, 0.6) is 0 Å². The molecule has 0 amide bonds. The van der Waals surface area contributed by atoms with Gasteiger partial charge in [0.2, 0.25) is 0 Å². The number of anilines is 1. The fraction of sp³-hybridized carbons (Fsp3) is 0.111. The van der Waals surface area contributed by atoms with Crippen LogP contribution in [0.25, 0.3) is 0 Å². The first kappa shape index (κ1) is 10.1. The first-order valence-electron chi connectivity index (χ1n) is 4.27. The van der Waals surface area contributed by atoms with E-state index in [2.05, 4.69) is 0 Å². The van der Waals surface area contributed by atoms with E-state index in [4.69, 9.17) is 27.5 Å². The molecule has 0 bridgehead atoms. The molecular formula is C9H10ClN3O2. The second-order valence-corrected chi connectivity index (χ2v) is 3.58. The highest BCUT2D eigenvalue weighted by molar-refractivity contribution is 6.31. The van der Waals surface area contributed by atoms with E-state index in [9.17, 15) is 0 Å². The quantitative estimate of drug-likeness (QED) is 0.766. The Kier molecular flexibility index (Phi) is 2.44. The van der Waals surface area contributed by atoms with Gasteiger partial charge < -0.3 is 5.73 Å². The maximum Gasteiger partial charge on any atom is 0.176 e. The van der Waals surface area contributed by atoms with Gasteiger partial charge >= 0.3 is 0 Å². The van der Waals surface area contributed by atoms with Crippen LogP contribution in [0.4, 0.5) is 5.69 Å². The van der Waals surface area contributed by atoms with Gasteiger partial charge in [0.1, 0.15) is 0 Å². The predicted octanol–water partition coefficient (Wildman–Crippen LogP) is 1.76. The molecule has 1 aliphatic heterocycles. The standard InChI is InChI=1S/C9H10ClN3O2/c1-6-2-3-7(4-8(6)10)12-5-9(11)13(14)15-12/h2-5,14H,11H2,1H3. The van der Waals surface area contributed by atoms with Crippen LogP contribution in [0.1, 0.15) is 5.56 Å². The fourth-order valence-electron chi connectivity index (χ4n) is 1.16. The first-order chi connectivity index (χ1) is 7.08. The SMILES string of the molecule is Cc1ccc(N2C=C(N)N(O)O2)cc1Cl. The Morgan fingerprint density at radius 2 is 2.20 bits per heavy atom. The second-order valence-electron chi connectivity index (χ2n) is 3.17. The van der Waals surface area contributed by atoms with Gasteiger partial charge in [0, 0.05) is 5.02 Å². The fourth-order valence-corrected chi connectivity index (χ4v) is 1.34. The van der Waals surface area contributed by atoms with Crippen molar-refractivity contribution in [1.82, 2.24) is 5.23 Å². The third-order valence-electron chi connectivity index (χ3n) is 2.05. The van der Waals surface area contributed by atoms with E-state index < -0.39 is 0 Å². The topological polar surface area (TPSA) is 62.0 Å². The Morgan fingerprint density at radius 1 is 1.47 bits per heavy atom. The molecule has 1 aromatic carbocycles. The van der Waals surface area contributed by atoms with E-state index in [1.165, 1.54) is 11.3 Å². The van der Waals surface area contributed by atoms with E-state index in [1.807, 2.05) is 19.1 Å². The molecule has 0 spiro atoms. The number of hydrogen-bond donors (Lipinski definition) is 2. The van der Waals surface area contributed by atoms with Crippen LogP contribution in [0, 0.1) is 6.92 Å². The molecule has 0 saturated heterocycles. The van der Waals surface area contributed by atoms with Crippen LogP contribution < -0.4 is 10.8 Å². The monoisotopic (exact) mass is 227 g/mol. The summed E-state index contributed by atoms with van der Waals surface area (Å²) in [5.74, 6) is 0.103. The third-order valence-corrected chi connectivity index (χ3v) is 2.45. The van der Waals surface area contributed by atoms with Gasteiger partial charge in [-0.3, -0.25) is 5.21 Å². The number of aryl methyl sites for hydroxylation is 1. The lowest BCUT2D eigenvalue weighted by atomic mass is 10.2. The number of rotatable bonds is 1. The normalized spacial score (nSPS) is 15.8. The van der Waals surface area contributed by atoms with Gasteiger partial charge in [0.05, 0.1) is 11.9 Å². The van der Waals surface area contributed by atoms with Crippen molar-refractivity contribution in [2.75, 3.05) is 5.06 Å². The smallest absolute Gasteiger partial charge is 0.176 e. The van der Waals surface area contributed by atoms with E-state index in [0.29, 0.717) is 15.9 Å². The van der Waals surface area contributed by atoms with Gasteiger partial charge in [0.25, 0.3) is 0 Å². The second kappa shape index (κ2) is 3.62. The first-order valence-corrected chi connectivity index (χ1v) is 4.65. The molecule has 3 N–H and O–H groups in total. The van der Waals surface area contributed by atoms with Crippen molar-refractivity contribution in [3.8, 4) is 0 Å². The molecule has 80 valence electrons. The Morgan fingerprint density at radius 3 is 2.73 bits per heavy atom. The van der Waals surface area contributed by atoms with Crippen LogP contribution >= 0.6 is 11.6 Å². The van der Waals surface area contributed by atoms with Crippen LogP contribution in [-0.4, -0.2) is 10.4 Å². The molecule has 5 nitrogen and oxygen atoms in total. The van der Waals surface area contributed by atoms with E-state index in [0.717, 1.165) is 5.56 Å². The van der Waals surface area contributed by atoms with Crippen LogP contribution in [0.2, 0.25) is 5.02 Å². The number of nitrogens with zero attached hydrogens (tertiary/aromatic N) is 2. The minimum absolute atomic E-state index is 0.103. The van der Waals surface area contributed by atoms with Gasteiger partial charge in [-0.2, -0.15) is 5.06 Å². The molecule has 6 heteroatoms. The summed E-state index contributed by atoms with van der Waals surface area (Å²) in [4.78, 5) is 4.90. The summed E-state index contributed by atoms with van der Waals surface area (Å²) < 4.78 is 0. The van der Waals surface area contributed by atoms with E-state index >= 15 is 0 Å². The average Bonchev–Trinajstić information content (AvgIpc) is 2.52. The van der Waals surface area contributed by atoms with E-state index in [1.54, 1.807) is 6.07 Å². The minimum Gasteiger partial charge on any atom is -0.380 e. The molecule has 1 heterocycles. The van der Waals surface area contributed by atoms with Gasteiger partial charge in [-0.25, -0.2) is 0 Å². The maximum absolute atomic E-state index is 9.10. The summed E-state index contributed by atoms with van der Waals surface area (Å²) >= 11 is 5.95. The summed E-state index contributed by atoms with van der Waals surface area (Å²) in [5.41, 5.74) is 7.07. The molecule has 0 radical (unpaired) electrons. The predicted molar refractivity (Wildman–Crippen MR) is 55.6 cm³/mol. The summed E-state index contributed by atoms with van der Waals surface area (Å²) in [6.07, 6.45) is 1.45. The van der Waals surface area contributed by atoms with Crippen molar-refractivity contribution in [1.29, 1.82) is 0 Å². The van der Waals surface area contributed by atoms with Crippen molar-refractivity contribution in [3.05, 3.63) is 40.8 Å². The van der Waals surface area contributed by atoms with Crippen LogP contribution in [0.15, 0.2) is 30.2 Å². The lowest BCUT2D eigenvalue weighted by Crippen LogP contribution is -2.22. The minimum atomic E-state index is 0.103. The number of benzene rings is 1. The molecule has 0 atom stereocenters. The van der Waals surface area contributed by atoms with Crippen molar-refractivity contribution >= 4 is 17.3 Å². The third kappa shape index (κ3) is 1.85. The largest absolute Gasteiger partial charge is 0.380 e. The molecule has 0 aromatic heterocycles. The van der Waals surface area contributed by atoms with Crippen LogP contribution in [0.3, 0.4) is 0 Å². The molecule has 0 saturated carbocycles. The van der Waals surface area contributed by atoms with Crippen molar-refractivity contribution in [2.45, 2.75) is 6.92 Å². The Bertz CT molecular complexity index is 422. The zero-order valence-corrected chi connectivity index (χ0v) is 8.77. The molecule has 0 unspecified atom stereocenters. The van der Waals surface area contributed by atoms with Gasteiger partial charge in [-0.15, -0.1) is 4.94 Å². The summed E-state index contributed by atoms with van der Waals surface area (Å²) in [7, 11) is 0. The zero-order chi connectivity index (χ0) is 11.0. The highest BCUT2D eigenvalue weighted by Crippen LogP contribution is 2.26. The molecular weight excluding hydrogens is 218 g/mol. The maximum atomic E-state index is 9.10. The summed E-state index contributed by atoms with van der Waals surface area (Å²) in [6.45, 7) is 1.90. The summed E-state index contributed by atoms with van der Waals surface area (Å²) in [5, 5.41) is 11.5. The van der Waals surface area contributed by atoms with Crippen molar-refractivity contribution < 1.29 is 10.1 Å². The zero-order valence-electron chi connectivity index (χ0n) is 8.01. The van der Waals surface area contributed by atoms with Gasteiger partial charge in [0.15, 0.2) is 5.82 Å². The number of nitrogens with two attached hydrogens (primary N) is 1. The Hall–Kier alpha value is -1.43. The number of hydroxylamine groups is 3. The van der Waals surface area contributed by atoms with Crippen molar-refractivity contribution in [2.24, 2.45) is 5.73 Å². The highest BCUT2D eigenvalue weighted by atomic mass is 35.5. The van der Waals surface area contributed by atoms with Gasteiger partial charge in [-0.05, 0) is 24.6 Å². The Balaban J connectivity index is 2.28. The molecule has 1 aromatic rings. The molecule has 0 fully saturated rings. The van der Waals surface area contributed by atoms with Gasteiger partial charge in [-0.1, -0.05) is 22.9 Å². The lowest BCUT2D eigenvalue weighted by Gasteiger charge is -2.15. The molecule has 1 aliphatic rings.